The number of anilines is 2. The Bertz CT molecular complexity index is 1280. The lowest BCUT2D eigenvalue weighted by Gasteiger charge is -2.24. The predicted molar refractivity (Wildman–Crippen MR) is 172 cm³/mol. The molecule has 234 valence electrons. The van der Waals surface area contributed by atoms with E-state index >= 15 is 0 Å². The maximum absolute atomic E-state index is 13.4. The van der Waals surface area contributed by atoms with Gasteiger partial charge in [-0.3, -0.25) is 9.10 Å². The molecule has 0 unspecified atom stereocenters. The van der Waals surface area contributed by atoms with Crippen molar-refractivity contribution in [1.29, 1.82) is 0 Å². The van der Waals surface area contributed by atoms with Crippen LogP contribution in [-0.4, -0.2) is 70.2 Å². The number of ether oxygens (including phenoxy) is 2. The van der Waals surface area contributed by atoms with Gasteiger partial charge in [-0.05, 0) is 81.3 Å². The van der Waals surface area contributed by atoms with Crippen molar-refractivity contribution >= 4 is 45.2 Å². The Morgan fingerprint density at radius 1 is 1.05 bits per heavy atom. The van der Waals surface area contributed by atoms with E-state index in [-0.39, 0.29) is 24.4 Å². The Morgan fingerprint density at radius 2 is 1.71 bits per heavy atom. The van der Waals surface area contributed by atoms with Gasteiger partial charge in [0.2, 0.25) is 10.0 Å². The van der Waals surface area contributed by atoms with Crippen molar-refractivity contribution in [2.24, 2.45) is 5.92 Å². The van der Waals surface area contributed by atoms with Crippen molar-refractivity contribution in [3.63, 3.8) is 0 Å². The molecule has 0 aliphatic rings. The van der Waals surface area contributed by atoms with Crippen LogP contribution in [0.5, 0.6) is 5.75 Å². The first-order valence-corrected chi connectivity index (χ1v) is 17.1. The number of benzene rings is 2. The molecule has 0 aliphatic carbocycles. The SMILES string of the molecule is CC[C@@H](C)CCCCSc1ccc(NC(=O)c2cc(OCCN(C)C(=O)OC(C)(C)C)ccc2N(C)S(C)(=O)=O)cc1. The van der Waals surface area contributed by atoms with Crippen molar-refractivity contribution in [3.8, 4) is 5.75 Å². The van der Waals surface area contributed by atoms with Crippen molar-refractivity contribution in [2.45, 2.75) is 70.8 Å². The number of carbonyl (C=O) groups excluding carboxylic acids is 2. The molecular formula is C31H47N3O6S2. The molecule has 0 heterocycles. The average molecular weight is 622 g/mol. The number of carbonyl (C=O) groups is 2. The number of rotatable bonds is 15. The van der Waals surface area contributed by atoms with Crippen LogP contribution in [0, 0.1) is 5.92 Å². The highest BCUT2D eigenvalue weighted by atomic mass is 32.2. The van der Waals surface area contributed by atoms with Crippen LogP contribution in [-0.2, 0) is 14.8 Å². The summed E-state index contributed by atoms with van der Waals surface area (Å²) in [5.74, 6) is 1.71. The number of thioether (sulfide) groups is 1. The van der Waals surface area contributed by atoms with E-state index in [0.29, 0.717) is 11.4 Å². The molecule has 2 aromatic carbocycles. The summed E-state index contributed by atoms with van der Waals surface area (Å²) in [5, 5.41) is 2.87. The zero-order valence-corrected chi connectivity index (χ0v) is 27.9. The summed E-state index contributed by atoms with van der Waals surface area (Å²) in [5.41, 5.74) is 0.347. The van der Waals surface area contributed by atoms with Crippen LogP contribution in [0.15, 0.2) is 47.4 Å². The van der Waals surface area contributed by atoms with Gasteiger partial charge in [0.25, 0.3) is 5.91 Å². The number of sulfonamides is 1. The molecule has 2 rings (SSSR count). The highest BCUT2D eigenvalue weighted by molar-refractivity contribution is 7.99. The summed E-state index contributed by atoms with van der Waals surface area (Å²) < 4.78 is 36.8. The monoisotopic (exact) mass is 621 g/mol. The van der Waals surface area contributed by atoms with E-state index in [0.717, 1.165) is 27.1 Å². The van der Waals surface area contributed by atoms with Crippen LogP contribution >= 0.6 is 11.8 Å². The lowest BCUT2D eigenvalue weighted by molar-refractivity contribution is 0.0278. The zero-order chi connectivity index (χ0) is 31.5. The average Bonchev–Trinajstić information content (AvgIpc) is 2.91. The molecule has 9 nitrogen and oxygen atoms in total. The standard InChI is InChI=1S/C31H47N3O6S2/c1-9-23(2)12-10-11-21-41-26-16-13-24(14-17-26)32-29(35)27-22-25(15-18-28(27)34(7)42(8,37)38)39-20-19-33(6)30(36)40-31(3,4)5/h13-18,22-23H,9-12,19-21H2,1-8H3,(H,32,35)/t23-/m1/s1. The first-order valence-electron chi connectivity index (χ1n) is 14.3. The van der Waals surface area contributed by atoms with Crippen LogP contribution in [0.25, 0.3) is 0 Å². The molecule has 0 saturated heterocycles. The number of nitrogens with one attached hydrogen (secondary N) is 1. The third-order valence-corrected chi connectivity index (χ3v) is 8.91. The van der Waals surface area contributed by atoms with Gasteiger partial charge in [-0.2, -0.15) is 0 Å². The van der Waals surface area contributed by atoms with E-state index in [1.807, 2.05) is 24.3 Å². The molecule has 2 amide bonds. The molecule has 0 saturated carbocycles. The predicted octanol–water partition coefficient (Wildman–Crippen LogP) is 6.89. The number of likely N-dealkylation sites (N-methyl/N-ethyl adjacent to an activating group) is 1. The Kier molecular flexibility index (Phi) is 13.5. The van der Waals surface area contributed by atoms with E-state index in [4.69, 9.17) is 9.47 Å². The van der Waals surface area contributed by atoms with Gasteiger partial charge in [0.1, 0.15) is 18.0 Å². The van der Waals surface area contributed by atoms with E-state index in [1.54, 1.807) is 45.6 Å². The molecule has 42 heavy (non-hydrogen) atoms. The Labute approximate surface area is 256 Å². The normalized spacial score (nSPS) is 12.4. The lowest BCUT2D eigenvalue weighted by Crippen LogP contribution is -2.36. The molecule has 2 aromatic rings. The summed E-state index contributed by atoms with van der Waals surface area (Å²) in [4.78, 5) is 28.1. The van der Waals surface area contributed by atoms with Gasteiger partial charge in [-0.1, -0.05) is 33.1 Å². The Balaban J connectivity index is 2.08. The van der Waals surface area contributed by atoms with E-state index < -0.39 is 27.6 Å². The van der Waals surface area contributed by atoms with Crippen molar-refractivity contribution in [3.05, 3.63) is 48.0 Å². The maximum Gasteiger partial charge on any atom is 0.410 e. The summed E-state index contributed by atoms with van der Waals surface area (Å²) in [7, 11) is -0.619. The smallest absolute Gasteiger partial charge is 0.410 e. The molecular weight excluding hydrogens is 574 g/mol. The minimum absolute atomic E-state index is 0.140. The number of amides is 2. The number of unbranched alkanes of at least 4 members (excludes halogenated alkanes) is 1. The Morgan fingerprint density at radius 3 is 2.31 bits per heavy atom. The van der Waals surface area contributed by atoms with Crippen LogP contribution in [0.1, 0.15) is 70.7 Å². The van der Waals surface area contributed by atoms with Crippen molar-refractivity contribution < 1.29 is 27.5 Å². The summed E-state index contributed by atoms with van der Waals surface area (Å²) >= 11 is 1.79. The van der Waals surface area contributed by atoms with Gasteiger partial charge < -0.3 is 19.7 Å². The number of hydrogen-bond donors (Lipinski definition) is 1. The third kappa shape index (κ3) is 12.1. The topological polar surface area (TPSA) is 105 Å². The summed E-state index contributed by atoms with van der Waals surface area (Å²) in [6.45, 7) is 10.3. The third-order valence-electron chi connectivity index (χ3n) is 6.62. The van der Waals surface area contributed by atoms with E-state index in [1.165, 1.54) is 49.8 Å². The summed E-state index contributed by atoms with van der Waals surface area (Å²) in [6.07, 6.45) is 5.48. The zero-order valence-electron chi connectivity index (χ0n) is 26.2. The van der Waals surface area contributed by atoms with Gasteiger partial charge >= 0.3 is 6.09 Å². The fraction of sp³-hybridized carbons (Fsp3) is 0.548. The maximum atomic E-state index is 13.4. The van der Waals surface area contributed by atoms with Gasteiger partial charge in [0.05, 0.1) is 24.1 Å². The van der Waals surface area contributed by atoms with Crippen LogP contribution in [0.3, 0.4) is 0 Å². The largest absolute Gasteiger partial charge is 0.492 e. The molecule has 1 N–H and O–H groups in total. The van der Waals surface area contributed by atoms with Crippen molar-refractivity contribution in [2.75, 3.05) is 48.9 Å². The lowest BCUT2D eigenvalue weighted by atomic mass is 10.0. The summed E-state index contributed by atoms with van der Waals surface area (Å²) in [6, 6.07) is 12.3. The molecule has 11 heteroatoms. The minimum Gasteiger partial charge on any atom is -0.492 e. The molecule has 0 aliphatic heterocycles. The van der Waals surface area contributed by atoms with Gasteiger partial charge in [-0.15, -0.1) is 11.8 Å². The van der Waals surface area contributed by atoms with Crippen LogP contribution in [0.2, 0.25) is 0 Å². The second-order valence-corrected chi connectivity index (χ2v) is 14.7. The van der Waals surface area contributed by atoms with E-state index in [2.05, 4.69) is 19.2 Å². The number of nitrogens with zero attached hydrogens (tertiary/aromatic N) is 2. The van der Waals surface area contributed by atoms with Crippen LogP contribution in [0.4, 0.5) is 16.2 Å². The highest BCUT2D eigenvalue weighted by Gasteiger charge is 2.22. The molecule has 0 aromatic heterocycles. The molecule has 0 radical (unpaired) electrons. The van der Waals surface area contributed by atoms with Crippen LogP contribution < -0.4 is 14.4 Å². The minimum atomic E-state index is -3.62. The van der Waals surface area contributed by atoms with Crippen molar-refractivity contribution in [1.82, 2.24) is 4.90 Å². The van der Waals surface area contributed by atoms with Gasteiger partial charge in [0, 0.05) is 24.7 Å². The molecule has 0 spiro atoms. The van der Waals surface area contributed by atoms with Gasteiger partial charge in [-0.25, -0.2) is 13.2 Å². The quantitative estimate of drug-likeness (QED) is 0.171. The second kappa shape index (κ2) is 16.1. The molecule has 0 bridgehead atoms. The Hall–Kier alpha value is -2.92. The fourth-order valence-corrected chi connectivity index (χ4v) is 5.22. The second-order valence-electron chi connectivity index (χ2n) is 11.5. The van der Waals surface area contributed by atoms with E-state index in [9.17, 15) is 18.0 Å². The first-order chi connectivity index (χ1) is 19.6. The molecule has 0 fully saturated rings. The highest BCUT2D eigenvalue weighted by Crippen LogP contribution is 2.28. The fourth-order valence-electron chi connectivity index (χ4n) is 3.79. The first kappa shape index (κ1) is 35.3. The van der Waals surface area contributed by atoms with Gasteiger partial charge in [0.15, 0.2) is 0 Å². The molecule has 1 atom stereocenters. The number of hydrogen-bond acceptors (Lipinski definition) is 7.